The van der Waals surface area contributed by atoms with E-state index in [-0.39, 0.29) is 18.3 Å². The Morgan fingerprint density at radius 2 is 1.71 bits per heavy atom. The summed E-state index contributed by atoms with van der Waals surface area (Å²) in [7, 11) is 1.22. The number of esters is 2. The molecular weight excluding hydrogens is 224 g/mol. The summed E-state index contributed by atoms with van der Waals surface area (Å²) < 4.78 is 9.49. The lowest BCUT2D eigenvalue weighted by Crippen LogP contribution is -2.44. The van der Waals surface area contributed by atoms with Crippen molar-refractivity contribution in [2.24, 2.45) is 11.3 Å². The largest absolute Gasteiger partial charge is 0.468 e. The number of carbonyl (C=O) groups is 3. The molecule has 5 nitrogen and oxygen atoms in total. The van der Waals surface area contributed by atoms with Crippen LogP contribution in [0.3, 0.4) is 0 Å². The fraction of sp³-hybridized carbons (Fsp3) is 0.750. The molecule has 0 heterocycles. The molecule has 5 heteroatoms. The van der Waals surface area contributed by atoms with Crippen LogP contribution in [0, 0.1) is 11.3 Å². The first kappa shape index (κ1) is 15.6. The van der Waals surface area contributed by atoms with Crippen molar-refractivity contribution in [3.8, 4) is 0 Å². The van der Waals surface area contributed by atoms with Crippen molar-refractivity contribution in [3.63, 3.8) is 0 Å². The lowest BCUT2D eigenvalue weighted by molar-refractivity contribution is -0.166. The third-order valence-electron chi connectivity index (χ3n) is 2.53. The fourth-order valence-corrected chi connectivity index (χ4v) is 1.71. The first-order chi connectivity index (χ1) is 7.76. The van der Waals surface area contributed by atoms with Gasteiger partial charge < -0.3 is 9.47 Å². The molecule has 0 bridgehead atoms. The Labute approximate surface area is 101 Å². The van der Waals surface area contributed by atoms with Crippen LogP contribution in [-0.2, 0) is 23.9 Å². The van der Waals surface area contributed by atoms with Crippen LogP contribution in [0.2, 0.25) is 0 Å². The molecule has 0 radical (unpaired) electrons. The van der Waals surface area contributed by atoms with Crippen LogP contribution >= 0.6 is 0 Å². The Balaban J connectivity index is 5.16. The zero-order chi connectivity index (χ0) is 13.6. The standard InChI is InChI=1S/C12H20O5/c1-8(2)6-12(9(3)13,11(15)16-5)7-17-10(4)14/h8H,6-7H2,1-5H3. The van der Waals surface area contributed by atoms with Crippen molar-refractivity contribution in [1.29, 1.82) is 0 Å². The van der Waals surface area contributed by atoms with Crippen LogP contribution in [0.25, 0.3) is 0 Å². The van der Waals surface area contributed by atoms with Gasteiger partial charge in [0.15, 0.2) is 11.2 Å². The number of Topliss-reactive ketones (excluding diaryl/α,β-unsaturated/α-hetero) is 1. The van der Waals surface area contributed by atoms with E-state index < -0.39 is 17.4 Å². The van der Waals surface area contributed by atoms with E-state index in [9.17, 15) is 14.4 Å². The molecular formula is C12H20O5. The maximum absolute atomic E-state index is 11.8. The van der Waals surface area contributed by atoms with Crippen molar-refractivity contribution < 1.29 is 23.9 Å². The van der Waals surface area contributed by atoms with Crippen molar-refractivity contribution in [2.45, 2.75) is 34.1 Å². The topological polar surface area (TPSA) is 69.7 Å². The molecule has 0 aromatic rings. The first-order valence-electron chi connectivity index (χ1n) is 5.49. The summed E-state index contributed by atoms with van der Waals surface area (Å²) in [6, 6.07) is 0. The second-order valence-electron chi connectivity index (χ2n) is 4.51. The smallest absolute Gasteiger partial charge is 0.322 e. The highest BCUT2D eigenvalue weighted by molar-refractivity contribution is 6.03. The molecule has 0 saturated heterocycles. The minimum atomic E-state index is -1.38. The Hall–Kier alpha value is -1.39. The third kappa shape index (κ3) is 4.17. The van der Waals surface area contributed by atoms with Crippen LogP contribution in [0.1, 0.15) is 34.1 Å². The molecule has 0 aromatic heterocycles. The van der Waals surface area contributed by atoms with E-state index in [2.05, 4.69) is 4.74 Å². The first-order valence-corrected chi connectivity index (χ1v) is 5.49. The van der Waals surface area contributed by atoms with E-state index in [0.717, 1.165) is 0 Å². The van der Waals surface area contributed by atoms with E-state index in [1.54, 1.807) is 0 Å². The van der Waals surface area contributed by atoms with E-state index >= 15 is 0 Å². The molecule has 0 fully saturated rings. The minimum absolute atomic E-state index is 0.105. The quantitative estimate of drug-likeness (QED) is 0.521. The summed E-state index contributed by atoms with van der Waals surface area (Å²) in [6.45, 7) is 6.05. The van der Waals surface area contributed by atoms with Crippen LogP contribution in [0.5, 0.6) is 0 Å². The SMILES string of the molecule is COC(=O)C(COC(C)=O)(CC(C)C)C(C)=O. The highest BCUT2D eigenvalue weighted by atomic mass is 16.5. The lowest BCUT2D eigenvalue weighted by atomic mass is 9.77. The third-order valence-corrected chi connectivity index (χ3v) is 2.53. The van der Waals surface area contributed by atoms with Crippen LogP contribution < -0.4 is 0 Å². The minimum Gasteiger partial charge on any atom is -0.468 e. The number of ketones is 1. The van der Waals surface area contributed by atoms with Crippen LogP contribution in [-0.4, -0.2) is 31.4 Å². The predicted octanol–water partition coefficient (Wildman–Crippen LogP) is 1.34. The lowest BCUT2D eigenvalue weighted by Gasteiger charge is -2.29. The molecule has 0 saturated carbocycles. The van der Waals surface area contributed by atoms with Crippen LogP contribution in [0.15, 0.2) is 0 Å². The van der Waals surface area contributed by atoms with E-state index in [0.29, 0.717) is 6.42 Å². The Morgan fingerprint density at radius 3 is 2.00 bits per heavy atom. The van der Waals surface area contributed by atoms with Gasteiger partial charge in [0.2, 0.25) is 0 Å². The monoisotopic (exact) mass is 244 g/mol. The highest BCUT2D eigenvalue weighted by Crippen LogP contribution is 2.30. The van der Waals surface area contributed by atoms with Gasteiger partial charge in [0.1, 0.15) is 6.61 Å². The van der Waals surface area contributed by atoms with E-state index in [4.69, 9.17) is 4.74 Å². The van der Waals surface area contributed by atoms with E-state index in [1.165, 1.54) is 21.0 Å². The highest BCUT2D eigenvalue weighted by Gasteiger charge is 2.46. The summed E-state index contributed by atoms with van der Waals surface area (Å²) in [5.41, 5.74) is -1.38. The summed E-state index contributed by atoms with van der Waals surface area (Å²) >= 11 is 0. The normalized spacial score (nSPS) is 14.0. The van der Waals surface area contributed by atoms with Gasteiger partial charge in [0.05, 0.1) is 7.11 Å². The second-order valence-corrected chi connectivity index (χ2v) is 4.51. The van der Waals surface area contributed by atoms with Gasteiger partial charge in [-0.05, 0) is 19.3 Å². The van der Waals surface area contributed by atoms with Gasteiger partial charge in [-0.25, -0.2) is 0 Å². The molecule has 0 rings (SSSR count). The molecule has 98 valence electrons. The Morgan fingerprint density at radius 1 is 1.18 bits per heavy atom. The summed E-state index contributed by atoms with van der Waals surface area (Å²) in [5, 5.41) is 0. The molecule has 17 heavy (non-hydrogen) atoms. The zero-order valence-electron chi connectivity index (χ0n) is 11.0. The Kier molecular flexibility index (Phi) is 5.85. The maximum atomic E-state index is 11.8. The average Bonchev–Trinajstić information content (AvgIpc) is 2.21. The van der Waals surface area contributed by atoms with Gasteiger partial charge >= 0.3 is 11.9 Å². The molecule has 0 aromatic carbocycles. The van der Waals surface area contributed by atoms with Crippen LogP contribution in [0.4, 0.5) is 0 Å². The number of carbonyl (C=O) groups excluding carboxylic acids is 3. The van der Waals surface area contributed by atoms with Crippen molar-refractivity contribution in [1.82, 2.24) is 0 Å². The number of hydrogen-bond acceptors (Lipinski definition) is 5. The summed E-state index contributed by atoms with van der Waals surface area (Å²) in [4.78, 5) is 34.3. The van der Waals surface area contributed by atoms with Gasteiger partial charge in [0.25, 0.3) is 0 Å². The number of hydrogen-bond donors (Lipinski definition) is 0. The zero-order valence-corrected chi connectivity index (χ0v) is 11.0. The summed E-state index contributed by atoms with van der Waals surface area (Å²) in [5.74, 6) is -1.42. The van der Waals surface area contributed by atoms with Gasteiger partial charge in [0, 0.05) is 6.92 Å². The Bertz CT molecular complexity index is 308. The molecule has 0 spiro atoms. The number of rotatable bonds is 6. The molecule has 0 aliphatic heterocycles. The van der Waals surface area contributed by atoms with Gasteiger partial charge in [-0.2, -0.15) is 0 Å². The predicted molar refractivity (Wildman–Crippen MR) is 61.2 cm³/mol. The number of methoxy groups -OCH3 is 1. The van der Waals surface area contributed by atoms with Gasteiger partial charge in [-0.1, -0.05) is 13.8 Å². The van der Waals surface area contributed by atoms with Gasteiger partial charge in [-0.15, -0.1) is 0 Å². The molecule has 1 atom stereocenters. The molecule has 0 N–H and O–H groups in total. The maximum Gasteiger partial charge on any atom is 0.322 e. The fourth-order valence-electron chi connectivity index (χ4n) is 1.71. The van der Waals surface area contributed by atoms with Crippen molar-refractivity contribution in [2.75, 3.05) is 13.7 Å². The summed E-state index contributed by atoms with van der Waals surface area (Å²) in [6.07, 6.45) is 0.294. The van der Waals surface area contributed by atoms with E-state index in [1.807, 2.05) is 13.8 Å². The molecule has 0 amide bonds. The number of ether oxygens (including phenoxy) is 2. The average molecular weight is 244 g/mol. The van der Waals surface area contributed by atoms with Crippen molar-refractivity contribution in [3.05, 3.63) is 0 Å². The second kappa shape index (κ2) is 6.37. The molecule has 1 unspecified atom stereocenters. The molecule has 0 aliphatic rings. The van der Waals surface area contributed by atoms with Gasteiger partial charge in [-0.3, -0.25) is 14.4 Å². The molecule has 0 aliphatic carbocycles. The van der Waals surface area contributed by atoms with Crippen molar-refractivity contribution >= 4 is 17.7 Å².